The molecule has 0 radical (unpaired) electrons. The molecular formula is C22H22N6O2. The molecule has 8 nitrogen and oxygen atoms in total. The van der Waals surface area contributed by atoms with Crippen LogP contribution in [0.3, 0.4) is 0 Å². The fraction of sp³-hybridized carbons (Fsp3) is 0.182. The second-order valence-corrected chi connectivity index (χ2v) is 6.83. The van der Waals surface area contributed by atoms with Crippen molar-refractivity contribution in [2.45, 2.75) is 19.9 Å². The Morgan fingerprint density at radius 3 is 2.67 bits per heavy atom. The molecule has 0 bridgehead atoms. The first-order valence-corrected chi connectivity index (χ1v) is 9.53. The van der Waals surface area contributed by atoms with Crippen LogP contribution < -0.4 is 10.1 Å². The molecule has 0 aliphatic rings. The molecule has 0 fully saturated rings. The summed E-state index contributed by atoms with van der Waals surface area (Å²) in [7, 11) is 1.60. The maximum Gasteiger partial charge on any atom is 0.254 e. The highest BCUT2D eigenvalue weighted by Gasteiger charge is 2.19. The molecule has 0 saturated carbocycles. The third kappa shape index (κ3) is 3.67. The van der Waals surface area contributed by atoms with Crippen molar-refractivity contribution in [1.82, 2.24) is 29.9 Å². The Labute approximate surface area is 174 Å². The lowest BCUT2D eigenvalue weighted by atomic mass is 10.1. The third-order valence-electron chi connectivity index (χ3n) is 4.90. The smallest absolute Gasteiger partial charge is 0.254 e. The van der Waals surface area contributed by atoms with E-state index in [4.69, 9.17) is 4.74 Å². The van der Waals surface area contributed by atoms with Crippen molar-refractivity contribution in [2.24, 2.45) is 0 Å². The van der Waals surface area contributed by atoms with Crippen molar-refractivity contribution in [3.05, 3.63) is 84.1 Å². The molecule has 0 aliphatic carbocycles. The lowest BCUT2D eigenvalue weighted by Crippen LogP contribution is -2.26. The Morgan fingerprint density at radius 2 is 1.90 bits per heavy atom. The Hall–Kier alpha value is -3.94. The van der Waals surface area contributed by atoms with E-state index in [9.17, 15) is 4.79 Å². The first kappa shape index (κ1) is 19.4. The quantitative estimate of drug-likeness (QED) is 0.535. The number of carbonyl (C=O) groups excluding carboxylic acids is 1. The third-order valence-corrected chi connectivity index (χ3v) is 4.90. The molecule has 3 heterocycles. The Morgan fingerprint density at radius 1 is 1.10 bits per heavy atom. The van der Waals surface area contributed by atoms with Crippen LogP contribution in [0.5, 0.6) is 5.75 Å². The molecule has 0 saturated heterocycles. The zero-order valence-corrected chi connectivity index (χ0v) is 17.0. The van der Waals surface area contributed by atoms with Crippen LogP contribution in [0.1, 0.15) is 34.6 Å². The van der Waals surface area contributed by atoms with E-state index in [1.807, 2.05) is 56.3 Å². The van der Waals surface area contributed by atoms with Crippen LogP contribution in [0, 0.1) is 6.92 Å². The van der Waals surface area contributed by atoms with Crippen LogP contribution in [0.4, 0.5) is 0 Å². The number of aromatic nitrogens is 5. The van der Waals surface area contributed by atoms with Gasteiger partial charge in [0.15, 0.2) is 5.82 Å². The molecule has 4 rings (SSSR count). The normalized spacial score (nSPS) is 11.8. The molecule has 8 heteroatoms. The van der Waals surface area contributed by atoms with Gasteiger partial charge in [-0.1, -0.05) is 18.2 Å². The van der Waals surface area contributed by atoms with E-state index in [1.54, 1.807) is 41.3 Å². The monoisotopic (exact) mass is 402 g/mol. The molecule has 1 amide bonds. The van der Waals surface area contributed by atoms with Crippen molar-refractivity contribution < 1.29 is 9.53 Å². The van der Waals surface area contributed by atoms with Crippen LogP contribution in [0.2, 0.25) is 0 Å². The molecule has 0 aliphatic heterocycles. The maximum absolute atomic E-state index is 12.8. The fourth-order valence-electron chi connectivity index (χ4n) is 3.31. The number of nitrogens with one attached hydrogen (secondary N) is 1. The number of rotatable bonds is 6. The van der Waals surface area contributed by atoms with Gasteiger partial charge in [-0.05, 0) is 38.1 Å². The van der Waals surface area contributed by atoms with Crippen LogP contribution >= 0.6 is 0 Å². The Kier molecular flexibility index (Phi) is 5.30. The Balaban J connectivity index is 1.51. The average molecular weight is 402 g/mol. The number of methoxy groups -OCH3 is 1. The van der Waals surface area contributed by atoms with Crippen LogP contribution in [-0.2, 0) is 0 Å². The summed E-state index contributed by atoms with van der Waals surface area (Å²) >= 11 is 0. The predicted octanol–water partition coefficient (Wildman–Crippen LogP) is 3.26. The van der Waals surface area contributed by atoms with Crippen LogP contribution in [0.15, 0.2) is 67.3 Å². The van der Waals surface area contributed by atoms with Gasteiger partial charge >= 0.3 is 0 Å². The van der Waals surface area contributed by atoms with E-state index in [0.717, 1.165) is 22.8 Å². The summed E-state index contributed by atoms with van der Waals surface area (Å²) in [6, 6.07) is 12.9. The molecule has 1 N–H and O–H groups in total. The summed E-state index contributed by atoms with van der Waals surface area (Å²) in [5.41, 5.74) is 3.07. The molecule has 3 aromatic heterocycles. The van der Waals surface area contributed by atoms with E-state index >= 15 is 0 Å². The SMILES string of the molecule is COc1ccccc1-n1cc(C(=O)N[C@@H](C)c2cnn(-c3ccccn3)c2C)cn1. The van der Waals surface area contributed by atoms with Gasteiger partial charge in [-0.2, -0.15) is 10.2 Å². The van der Waals surface area contributed by atoms with Crippen molar-refractivity contribution in [1.29, 1.82) is 0 Å². The van der Waals surface area contributed by atoms with Gasteiger partial charge in [0.25, 0.3) is 5.91 Å². The number of nitrogens with zero attached hydrogens (tertiary/aromatic N) is 5. The molecule has 0 spiro atoms. The van der Waals surface area contributed by atoms with Gasteiger partial charge in [0, 0.05) is 23.7 Å². The van der Waals surface area contributed by atoms with Gasteiger partial charge in [-0.15, -0.1) is 0 Å². The summed E-state index contributed by atoms with van der Waals surface area (Å²) in [6.07, 6.45) is 6.71. The van der Waals surface area contributed by atoms with Gasteiger partial charge in [0.1, 0.15) is 11.4 Å². The molecule has 30 heavy (non-hydrogen) atoms. The van der Waals surface area contributed by atoms with E-state index in [-0.39, 0.29) is 11.9 Å². The van der Waals surface area contributed by atoms with Crippen molar-refractivity contribution in [3.63, 3.8) is 0 Å². The van der Waals surface area contributed by atoms with Gasteiger partial charge in [-0.25, -0.2) is 14.3 Å². The number of benzene rings is 1. The number of hydrogen-bond donors (Lipinski definition) is 1. The first-order chi connectivity index (χ1) is 14.6. The van der Waals surface area contributed by atoms with Crippen LogP contribution in [-0.4, -0.2) is 37.6 Å². The molecule has 1 aromatic carbocycles. The van der Waals surface area contributed by atoms with E-state index in [0.29, 0.717) is 11.3 Å². The predicted molar refractivity (Wildman–Crippen MR) is 112 cm³/mol. The highest BCUT2D eigenvalue weighted by Crippen LogP contribution is 2.22. The van der Waals surface area contributed by atoms with Gasteiger partial charge in [-0.3, -0.25) is 4.79 Å². The number of para-hydroxylation sites is 2. The lowest BCUT2D eigenvalue weighted by Gasteiger charge is -2.13. The minimum atomic E-state index is -0.232. The number of ether oxygens (including phenoxy) is 1. The van der Waals surface area contributed by atoms with Crippen molar-refractivity contribution in [3.8, 4) is 17.3 Å². The molecule has 1 atom stereocenters. The highest BCUT2D eigenvalue weighted by molar-refractivity contribution is 5.94. The molecule has 152 valence electrons. The zero-order chi connectivity index (χ0) is 21.1. The number of pyridine rings is 1. The topological polar surface area (TPSA) is 86.9 Å². The van der Waals surface area contributed by atoms with Gasteiger partial charge in [0.05, 0.1) is 31.1 Å². The molecule has 0 unspecified atom stereocenters. The fourth-order valence-corrected chi connectivity index (χ4v) is 3.31. The summed E-state index contributed by atoms with van der Waals surface area (Å²) in [5.74, 6) is 1.20. The van der Waals surface area contributed by atoms with Crippen LogP contribution in [0.25, 0.3) is 11.5 Å². The summed E-state index contributed by atoms with van der Waals surface area (Å²) in [4.78, 5) is 17.1. The number of carbonyl (C=O) groups is 1. The largest absolute Gasteiger partial charge is 0.494 e. The molecular weight excluding hydrogens is 380 g/mol. The highest BCUT2D eigenvalue weighted by atomic mass is 16.5. The standard InChI is InChI=1S/C22H22N6O2/c1-15(18-13-25-28(16(18)2)21-10-6-7-11-23-21)26-22(29)17-12-24-27(14-17)19-8-4-5-9-20(19)30-3/h4-15H,1-3H3,(H,26,29)/t15-/m0/s1. The zero-order valence-electron chi connectivity index (χ0n) is 17.0. The maximum atomic E-state index is 12.8. The molecule has 4 aromatic rings. The number of hydrogen-bond acceptors (Lipinski definition) is 5. The Bertz CT molecular complexity index is 1170. The summed E-state index contributed by atoms with van der Waals surface area (Å²) in [5, 5.41) is 11.7. The van der Waals surface area contributed by atoms with Gasteiger partial charge < -0.3 is 10.1 Å². The average Bonchev–Trinajstić information content (AvgIpc) is 3.41. The van der Waals surface area contributed by atoms with E-state index < -0.39 is 0 Å². The second-order valence-electron chi connectivity index (χ2n) is 6.83. The van der Waals surface area contributed by atoms with E-state index in [2.05, 4.69) is 20.5 Å². The number of amides is 1. The van der Waals surface area contributed by atoms with Gasteiger partial charge in [0.2, 0.25) is 0 Å². The minimum Gasteiger partial charge on any atom is -0.494 e. The lowest BCUT2D eigenvalue weighted by molar-refractivity contribution is 0.0940. The second kappa shape index (κ2) is 8.20. The van der Waals surface area contributed by atoms with Crippen molar-refractivity contribution >= 4 is 5.91 Å². The first-order valence-electron chi connectivity index (χ1n) is 9.53. The summed E-state index contributed by atoms with van der Waals surface area (Å²) in [6.45, 7) is 3.88. The summed E-state index contributed by atoms with van der Waals surface area (Å²) < 4.78 is 8.76. The minimum absolute atomic E-state index is 0.214. The van der Waals surface area contributed by atoms with E-state index in [1.165, 1.54) is 0 Å². The van der Waals surface area contributed by atoms with Crippen molar-refractivity contribution in [2.75, 3.05) is 7.11 Å².